The first-order chi connectivity index (χ1) is 9.72. The molecule has 1 aliphatic carbocycles. The molecule has 2 heterocycles. The highest BCUT2D eigenvalue weighted by molar-refractivity contribution is 7.09. The minimum absolute atomic E-state index is 0.595. The van der Waals surface area contributed by atoms with Gasteiger partial charge >= 0.3 is 0 Å². The summed E-state index contributed by atoms with van der Waals surface area (Å²) in [6.45, 7) is 5.25. The number of aliphatic imine (C=N–C) groups is 1. The molecule has 0 atom stereocenters. The second kappa shape index (κ2) is 5.72. The summed E-state index contributed by atoms with van der Waals surface area (Å²) in [5.74, 6) is 1.06. The minimum atomic E-state index is 0.595. The van der Waals surface area contributed by atoms with E-state index in [-0.39, 0.29) is 0 Å². The van der Waals surface area contributed by atoms with Crippen molar-refractivity contribution in [3.8, 4) is 0 Å². The van der Waals surface area contributed by atoms with Crippen molar-refractivity contribution in [3.63, 3.8) is 0 Å². The van der Waals surface area contributed by atoms with Crippen molar-refractivity contribution in [1.29, 1.82) is 0 Å². The van der Waals surface area contributed by atoms with E-state index in [1.807, 2.05) is 12.6 Å². The summed E-state index contributed by atoms with van der Waals surface area (Å²) < 4.78 is 0. The molecular formula is C15H24N4S. The Morgan fingerprint density at radius 1 is 1.45 bits per heavy atom. The summed E-state index contributed by atoms with van der Waals surface area (Å²) in [6, 6.07) is 0. The van der Waals surface area contributed by atoms with Crippen LogP contribution in [0.15, 0.2) is 10.5 Å². The molecule has 4 nitrogen and oxygen atoms in total. The van der Waals surface area contributed by atoms with E-state index in [0.717, 1.165) is 24.7 Å². The molecule has 0 aromatic carbocycles. The first-order valence-corrected chi connectivity index (χ1v) is 8.45. The molecule has 1 aromatic rings. The average molecular weight is 292 g/mol. The van der Waals surface area contributed by atoms with Crippen LogP contribution >= 0.6 is 11.3 Å². The Bertz CT molecular complexity index is 488. The van der Waals surface area contributed by atoms with E-state index in [2.05, 4.69) is 27.1 Å². The van der Waals surface area contributed by atoms with Crippen molar-refractivity contribution in [3.05, 3.63) is 16.1 Å². The molecule has 1 saturated carbocycles. The predicted octanol–water partition coefficient (Wildman–Crippen LogP) is 2.79. The van der Waals surface area contributed by atoms with Gasteiger partial charge in [0.15, 0.2) is 5.96 Å². The minimum Gasteiger partial charge on any atom is -0.351 e. The quantitative estimate of drug-likeness (QED) is 0.673. The van der Waals surface area contributed by atoms with Gasteiger partial charge in [-0.25, -0.2) is 4.98 Å². The second-order valence-electron chi connectivity index (χ2n) is 6.14. The molecule has 5 heteroatoms. The van der Waals surface area contributed by atoms with Crippen LogP contribution in [0.3, 0.4) is 0 Å². The van der Waals surface area contributed by atoms with Crippen LogP contribution in [0.25, 0.3) is 0 Å². The van der Waals surface area contributed by atoms with E-state index < -0.39 is 0 Å². The molecule has 0 unspecified atom stereocenters. The van der Waals surface area contributed by atoms with Crippen molar-refractivity contribution >= 4 is 17.3 Å². The Balaban J connectivity index is 1.59. The SMILES string of the molecule is CN=C(NCc1scnc1C)N1CCC2(CCCC2)C1. The molecule has 1 saturated heterocycles. The number of aromatic nitrogens is 1. The van der Waals surface area contributed by atoms with Gasteiger partial charge < -0.3 is 10.2 Å². The smallest absolute Gasteiger partial charge is 0.193 e. The van der Waals surface area contributed by atoms with Gasteiger partial charge in [0.05, 0.1) is 17.7 Å². The van der Waals surface area contributed by atoms with Crippen LogP contribution in [0.1, 0.15) is 42.7 Å². The zero-order chi connectivity index (χ0) is 14.0. The molecule has 1 N–H and O–H groups in total. The number of hydrogen-bond acceptors (Lipinski definition) is 3. The Morgan fingerprint density at radius 2 is 2.25 bits per heavy atom. The Labute approximate surface area is 125 Å². The lowest BCUT2D eigenvalue weighted by Gasteiger charge is -2.25. The molecule has 1 aliphatic heterocycles. The summed E-state index contributed by atoms with van der Waals surface area (Å²) in [7, 11) is 1.89. The first-order valence-electron chi connectivity index (χ1n) is 7.57. The summed E-state index contributed by atoms with van der Waals surface area (Å²) in [4.78, 5) is 12.5. The number of likely N-dealkylation sites (tertiary alicyclic amines) is 1. The van der Waals surface area contributed by atoms with Crippen molar-refractivity contribution in [2.75, 3.05) is 20.1 Å². The molecule has 2 fully saturated rings. The lowest BCUT2D eigenvalue weighted by molar-refractivity contribution is 0.309. The van der Waals surface area contributed by atoms with E-state index in [1.54, 1.807) is 11.3 Å². The second-order valence-corrected chi connectivity index (χ2v) is 7.08. The molecule has 110 valence electrons. The third-order valence-electron chi connectivity index (χ3n) is 4.87. The fourth-order valence-corrected chi connectivity index (χ4v) is 4.35. The highest BCUT2D eigenvalue weighted by Crippen LogP contribution is 2.45. The topological polar surface area (TPSA) is 40.5 Å². The zero-order valence-corrected chi connectivity index (χ0v) is 13.3. The fraction of sp³-hybridized carbons (Fsp3) is 0.733. The van der Waals surface area contributed by atoms with Gasteiger partial charge in [-0.3, -0.25) is 4.99 Å². The molecule has 1 aromatic heterocycles. The Kier molecular flexibility index (Phi) is 3.96. The third kappa shape index (κ3) is 2.68. The highest BCUT2D eigenvalue weighted by atomic mass is 32.1. The molecule has 2 aliphatic rings. The maximum absolute atomic E-state index is 4.47. The Hall–Kier alpha value is -1.10. The van der Waals surface area contributed by atoms with Gasteiger partial charge in [0.1, 0.15) is 0 Å². The van der Waals surface area contributed by atoms with E-state index in [9.17, 15) is 0 Å². The van der Waals surface area contributed by atoms with Gasteiger partial charge in [0.2, 0.25) is 0 Å². The number of rotatable bonds is 2. The number of aryl methyl sites for hydroxylation is 1. The average Bonchev–Trinajstić information content (AvgIpc) is 3.16. The zero-order valence-electron chi connectivity index (χ0n) is 12.5. The van der Waals surface area contributed by atoms with Crippen molar-refractivity contribution in [1.82, 2.24) is 15.2 Å². The number of nitrogens with zero attached hydrogens (tertiary/aromatic N) is 3. The monoisotopic (exact) mass is 292 g/mol. The Morgan fingerprint density at radius 3 is 2.90 bits per heavy atom. The third-order valence-corrected chi connectivity index (χ3v) is 5.80. The number of hydrogen-bond donors (Lipinski definition) is 1. The van der Waals surface area contributed by atoms with Crippen LogP contribution in [-0.4, -0.2) is 36.0 Å². The molecule has 0 bridgehead atoms. The molecule has 0 amide bonds. The van der Waals surface area contributed by atoms with Crippen LogP contribution in [0.2, 0.25) is 0 Å². The molecular weight excluding hydrogens is 268 g/mol. The maximum Gasteiger partial charge on any atom is 0.193 e. The number of guanidine groups is 1. The van der Waals surface area contributed by atoms with E-state index in [0.29, 0.717) is 5.41 Å². The summed E-state index contributed by atoms with van der Waals surface area (Å²) in [5, 5.41) is 3.51. The molecule has 1 spiro atoms. The van der Waals surface area contributed by atoms with Crippen LogP contribution in [0.4, 0.5) is 0 Å². The van der Waals surface area contributed by atoms with E-state index in [1.165, 1.54) is 43.5 Å². The van der Waals surface area contributed by atoms with Crippen LogP contribution < -0.4 is 5.32 Å². The van der Waals surface area contributed by atoms with Crippen molar-refractivity contribution < 1.29 is 0 Å². The van der Waals surface area contributed by atoms with Crippen LogP contribution in [-0.2, 0) is 6.54 Å². The lowest BCUT2D eigenvalue weighted by atomic mass is 9.86. The summed E-state index contributed by atoms with van der Waals surface area (Å²) in [6.07, 6.45) is 7.00. The predicted molar refractivity (Wildman–Crippen MR) is 84.1 cm³/mol. The maximum atomic E-state index is 4.47. The normalized spacial score (nSPS) is 21.9. The number of nitrogens with one attached hydrogen (secondary N) is 1. The van der Waals surface area contributed by atoms with Crippen LogP contribution in [0.5, 0.6) is 0 Å². The van der Waals surface area contributed by atoms with Crippen molar-refractivity contribution in [2.24, 2.45) is 10.4 Å². The standard InChI is InChI=1S/C15H24N4S/c1-12-13(20-11-18-12)9-17-14(16-2)19-8-7-15(10-19)5-3-4-6-15/h11H,3-10H2,1-2H3,(H,16,17). The summed E-state index contributed by atoms with van der Waals surface area (Å²) in [5.41, 5.74) is 3.64. The van der Waals surface area contributed by atoms with Gasteiger partial charge in [0, 0.05) is 25.0 Å². The highest BCUT2D eigenvalue weighted by Gasteiger charge is 2.41. The number of thiazole rings is 1. The largest absolute Gasteiger partial charge is 0.351 e. The van der Waals surface area contributed by atoms with Gasteiger partial charge in [-0.15, -0.1) is 11.3 Å². The molecule has 0 radical (unpaired) electrons. The summed E-state index contributed by atoms with van der Waals surface area (Å²) >= 11 is 1.72. The van der Waals surface area contributed by atoms with E-state index >= 15 is 0 Å². The molecule has 3 rings (SSSR count). The fourth-order valence-electron chi connectivity index (χ4n) is 3.64. The molecule has 20 heavy (non-hydrogen) atoms. The van der Waals surface area contributed by atoms with Gasteiger partial charge in [-0.2, -0.15) is 0 Å². The van der Waals surface area contributed by atoms with Gasteiger partial charge in [-0.05, 0) is 31.6 Å². The van der Waals surface area contributed by atoms with Gasteiger partial charge in [0.25, 0.3) is 0 Å². The first kappa shape index (κ1) is 13.9. The van der Waals surface area contributed by atoms with Crippen LogP contribution in [0, 0.1) is 12.3 Å². The van der Waals surface area contributed by atoms with Crippen molar-refractivity contribution in [2.45, 2.75) is 45.6 Å². The lowest BCUT2D eigenvalue weighted by Crippen LogP contribution is -2.40. The van der Waals surface area contributed by atoms with E-state index in [4.69, 9.17) is 0 Å². The van der Waals surface area contributed by atoms with Gasteiger partial charge in [-0.1, -0.05) is 12.8 Å².